The van der Waals surface area contributed by atoms with Gasteiger partial charge < -0.3 is 19.9 Å². The minimum Gasteiger partial charge on any atom is -0.404 e. The molecular weight excluding hydrogens is 410 g/mol. The van der Waals surface area contributed by atoms with Crippen molar-refractivity contribution in [3.05, 3.63) is 36.2 Å². The number of H-pyrrole nitrogens is 1. The summed E-state index contributed by atoms with van der Waals surface area (Å²) in [5.74, 6) is 0.405. The molecule has 1 fully saturated rings. The molecule has 2 amide bonds. The van der Waals surface area contributed by atoms with Gasteiger partial charge in [-0.15, -0.1) is 0 Å². The summed E-state index contributed by atoms with van der Waals surface area (Å²) < 4.78 is 12.5. The number of nitrogens with zero attached hydrogens (tertiary/aromatic N) is 2. The Morgan fingerprint density at radius 2 is 2.13 bits per heavy atom. The van der Waals surface area contributed by atoms with Gasteiger partial charge in [-0.3, -0.25) is 10.3 Å². The first-order valence-corrected chi connectivity index (χ1v) is 13.5. The molecule has 8 nitrogen and oxygen atoms in total. The van der Waals surface area contributed by atoms with Crippen molar-refractivity contribution in [2.75, 3.05) is 18.5 Å². The molecule has 0 aliphatic carbocycles. The molecule has 2 aliphatic rings. The molecule has 1 unspecified atom stereocenters. The van der Waals surface area contributed by atoms with Crippen molar-refractivity contribution >= 4 is 36.8 Å². The number of aromatic nitrogens is 2. The molecule has 0 radical (unpaired) electrons. The Kier molecular flexibility index (Phi) is 5.31. The van der Waals surface area contributed by atoms with E-state index in [0.717, 1.165) is 28.6 Å². The van der Waals surface area contributed by atoms with Gasteiger partial charge in [0, 0.05) is 17.1 Å². The number of fused-ring (bicyclic) bond motifs is 1. The van der Waals surface area contributed by atoms with Crippen molar-refractivity contribution in [1.29, 1.82) is 0 Å². The number of amides is 2. The van der Waals surface area contributed by atoms with Gasteiger partial charge in [0.25, 0.3) is 0 Å². The van der Waals surface area contributed by atoms with Crippen molar-refractivity contribution in [1.82, 2.24) is 9.97 Å². The van der Waals surface area contributed by atoms with Crippen LogP contribution in [0.2, 0.25) is 18.1 Å². The lowest BCUT2D eigenvalue weighted by molar-refractivity contribution is -0.178. The highest BCUT2D eigenvalue weighted by Gasteiger charge is 2.53. The highest BCUT2D eigenvalue weighted by atomic mass is 28.4. The van der Waals surface area contributed by atoms with Crippen LogP contribution in [-0.4, -0.2) is 54.9 Å². The van der Waals surface area contributed by atoms with Crippen molar-refractivity contribution in [3.8, 4) is 0 Å². The number of aromatic amines is 1. The summed E-state index contributed by atoms with van der Waals surface area (Å²) in [5.41, 5.74) is 7.55. The number of dihydropyridines is 1. The number of hydrogen-bond donors (Lipinski definition) is 3. The van der Waals surface area contributed by atoms with Crippen LogP contribution in [0.25, 0.3) is 10.9 Å². The number of hydrogen-bond acceptors (Lipinski definition) is 5. The number of urea groups is 1. The van der Waals surface area contributed by atoms with E-state index in [1.54, 1.807) is 12.3 Å². The molecule has 9 heteroatoms. The number of pyridine rings is 1. The summed E-state index contributed by atoms with van der Waals surface area (Å²) in [4.78, 5) is 23.8. The Morgan fingerprint density at radius 3 is 2.74 bits per heavy atom. The molecule has 1 atom stereocenters. The van der Waals surface area contributed by atoms with Gasteiger partial charge in [0.15, 0.2) is 8.32 Å². The summed E-state index contributed by atoms with van der Waals surface area (Å²) in [6.45, 7) is 12.4. The van der Waals surface area contributed by atoms with Gasteiger partial charge in [0.2, 0.25) is 0 Å². The average molecular weight is 442 g/mol. The second-order valence-corrected chi connectivity index (χ2v) is 14.6. The van der Waals surface area contributed by atoms with Crippen LogP contribution in [0.1, 0.15) is 32.8 Å². The van der Waals surface area contributed by atoms with E-state index in [-0.39, 0.29) is 16.7 Å². The SMILES string of the molecule is CC(C)(C)[Si](C)(C)OC1(C2CC=CC(c3c[nH]c4cnc(NC(N)=O)cc34)=N2)COC1. The van der Waals surface area contributed by atoms with Crippen LogP contribution in [0.5, 0.6) is 0 Å². The molecule has 1 saturated heterocycles. The van der Waals surface area contributed by atoms with Gasteiger partial charge in [-0.05, 0) is 36.7 Å². The smallest absolute Gasteiger partial charge is 0.317 e. The highest BCUT2D eigenvalue weighted by molar-refractivity contribution is 6.74. The number of nitrogens with one attached hydrogen (secondary N) is 2. The van der Waals surface area contributed by atoms with E-state index in [4.69, 9.17) is 19.9 Å². The standard InChI is InChI=1S/C22H31N5O3Si/c1-21(2,3)31(4,5)30-22(12-29-13-22)18-8-6-7-16(26-18)15-10-24-17-11-25-19(9-14(15)17)27-20(23)28/h6-7,9-11,18,24H,8,12-13H2,1-5H3,(H3,23,25,27,28). The first-order valence-electron chi connectivity index (χ1n) is 10.6. The number of rotatable bonds is 5. The summed E-state index contributed by atoms with van der Waals surface area (Å²) in [5, 5.41) is 3.57. The molecule has 0 saturated carbocycles. The fourth-order valence-electron chi connectivity index (χ4n) is 3.78. The third kappa shape index (κ3) is 4.05. The van der Waals surface area contributed by atoms with E-state index >= 15 is 0 Å². The van der Waals surface area contributed by atoms with Crippen LogP contribution in [0, 0.1) is 0 Å². The quantitative estimate of drug-likeness (QED) is 0.609. The van der Waals surface area contributed by atoms with Crippen LogP contribution in [-0.2, 0) is 9.16 Å². The van der Waals surface area contributed by atoms with E-state index in [1.807, 2.05) is 12.3 Å². The van der Waals surface area contributed by atoms with Gasteiger partial charge in [-0.25, -0.2) is 9.78 Å². The zero-order chi connectivity index (χ0) is 22.4. The summed E-state index contributed by atoms with van der Waals surface area (Å²) in [7, 11) is -1.99. The number of ether oxygens (including phenoxy) is 1. The number of primary amides is 1. The average Bonchev–Trinajstić information content (AvgIpc) is 3.06. The largest absolute Gasteiger partial charge is 0.404 e. The Labute approximate surface area is 183 Å². The van der Waals surface area contributed by atoms with E-state index < -0.39 is 14.3 Å². The number of anilines is 1. The second kappa shape index (κ2) is 7.58. The Morgan fingerprint density at radius 1 is 1.39 bits per heavy atom. The molecule has 166 valence electrons. The van der Waals surface area contributed by atoms with Gasteiger partial charge in [0.1, 0.15) is 11.4 Å². The van der Waals surface area contributed by atoms with Crippen LogP contribution in [0.3, 0.4) is 0 Å². The fraction of sp³-hybridized carbons (Fsp3) is 0.500. The molecule has 2 aliphatic heterocycles. The fourth-order valence-corrected chi connectivity index (χ4v) is 5.35. The predicted octanol–water partition coefficient (Wildman–Crippen LogP) is 3.96. The van der Waals surface area contributed by atoms with Crippen LogP contribution in [0.4, 0.5) is 10.6 Å². The molecule has 0 bridgehead atoms. The van der Waals surface area contributed by atoms with Gasteiger partial charge in [-0.2, -0.15) is 0 Å². The van der Waals surface area contributed by atoms with E-state index in [9.17, 15) is 4.79 Å². The second-order valence-electron chi connectivity index (χ2n) is 9.89. The van der Waals surface area contributed by atoms with Crippen LogP contribution < -0.4 is 11.1 Å². The van der Waals surface area contributed by atoms with E-state index in [1.165, 1.54) is 0 Å². The maximum Gasteiger partial charge on any atom is 0.317 e. The topological polar surface area (TPSA) is 115 Å². The predicted molar refractivity (Wildman–Crippen MR) is 125 cm³/mol. The lowest BCUT2D eigenvalue weighted by Gasteiger charge is -2.52. The zero-order valence-electron chi connectivity index (χ0n) is 18.8. The van der Waals surface area contributed by atoms with Gasteiger partial charge in [-0.1, -0.05) is 26.8 Å². The van der Waals surface area contributed by atoms with Crippen molar-refractivity contribution in [3.63, 3.8) is 0 Å². The Bertz CT molecular complexity index is 1060. The highest BCUT2D eigenvalue weighted by Crippen LogP contribution is 2.43. The van der Waals surface area contributed by atoms with Gasteiger partial charge in [0.05, 0.1) is 36.7 Å². The summed E-state index contributed by atoms with van der Waals surface area (Å²) >= 11 is 0. The number of aliphatic imine (C=N–C) groups is 1. The zero-order valence-corrected chi connectivity index (χ0v) is 19.8. The third-order valence-corrected chi connectivity index (χ3v) is 11.1. The normalized spacial score (nSPS) is 20.9. The van der Waals surface area contributed by atoms with E-state index in [0.29, 0.717) is 19.0 Å². The lowest BCUT2D eigenvalue weighted by atomic mass is 9.88. The van der Waals surface area contributed by atoms with Crippen LogP contribution >= 0.6 is 0 Å². The number of nitrogens with two attached hydrogens (primary N) is 1. The third-order valence-electron chi connectivity index (χ3n) is 6.59. The molecule has 31 heavy (non-hydrogen) atoms. The minimum absolute atomic E-state index is 0.00891. The van der Waals surface area contributed by atoms with Crippen molar-refractivity contribution in [2.45, 2.75) is 57.0 Å². The Hall–Kier alpha value is -2.49. The van der Waals surface area contributed by atoms with Crippen LogP contribution in [0.15, 0.2) is 35.6 Å². The summed E-state index contributed by atoms with van der Waals surface area (Å²) in [6, 6.07) is 1.15. The monoisotopic (exact) mass is 441 g/mol. The molecule has 2 aromatic heterocycles. The number of carbonyl (C=O) groups is 1. The summed E-state index contributed by atoms with van der Waals surface area (Å²) in [6.07, 6.45) is 8.62. The molecule has 0 spiro atoms. The molecule has 4 N–H and O–H groups in total. The first-order chi connectivity index (χ1) is 14.5. The Balaban J connectivity index is 1.67. The van der Waals surface area contributed by atoms with E-state index in [2.05, 4.69) is 55.2 Å². The van der Waals surface area contributed by atoms with Crippen molar-refractivity contribution in [2.24, 2.45) is 10.7 Å². The molecular formula is C22H31N5O3Si. The number of allylic oxidation sites excluding steroid dienone is 1. The maximum atomic E-state index is 11.2. The lowest BCUT2D eigenvalue weighted by Crippen LogP contribution is -2.65. The first kappa shape index (κ1) is 21.7. The molecule has 4 heterocycles. The molecule has 2 aromatic rings. The van der Waals surface area contributed by atoms with Gasteiger partial charge >= 0.3 is 6.03 Å². The molecule has 0 aromatic carbocycles. The maximum absolute atomic E-state index is 11.2. The minimum atomic E-state index is -1.99. The van der Waals surface area contributed by atoms with Crippen molar-refractivity contribution < 1.29 is 14.0 Å². The number of carbonyl (C=O) groups excluding carboxylic acids is 1. The molecule has 4 rings (SSSR count).